The molecule has 33 heavy (non-hydrogen) atoms. The van der Waals surface area contributed by atoms with Gasteiger partial charge in [0.05, 0.1) is 0 Å². The van der Waals surface area contributed by atoms with E-state index in [2.05, 4.69) is 23.1 Å². The van der Waals surface area contributed by atoms with E-state index in [0.29, 0.717) is 12.2 Å². The summed E-state index contributed by atoms with van der Waals surface area (Å²) in [4.78, 5) is 17.2. The van der Waals surface area contributed by atoms with Crippen molar-refractivity contribution in [2.45, 2.75) is 25.7 Å². The van der Waals surface area contributed by atoms with Crippen molar-refractivity contribution in [2.24, 2.45) is 0 Å². The number of likely N-dealkylation sites (tertiary alicyclic amines) is 1. The van der Waals surface area contributed by atoms with Gasteiger partial charge in [0, 0.05) is 32.6 Å². The highest BCUT2D eigenvalue weighted by atomic mass is 32.1. The van der Waals surface area contributed by atoms with E-state index in [1.54, 1.807) is 11.3 Å². The average Bonchev–Trinajstić information content (AvgIpc) is 3.06. The van der Waals surface area contributed by atoms with Crippen LogP contribution < -0.4 is 4.74 Å². The van der Waals surface area contributed by atoms with Crippen LogP contribution in [0, 0.1) is 0 Å². The second-order valence-electron chi connectivity index (χ2n) is 8.63. The Morgan fingerprint density at radius 3 is 2.27 bits per heavy atom. The van der Waals surface area contributed by atoms with Crippen molar-refractivity contribution in [1.82, 2.24) is 4.90 Å². The maximum Gasteiger partial charge on any atom is 0.195 e. The third-order valence-electron chi connectivity index (χ3n) is 6.35. The fourth-order valence-corrected chi connectivity index (χ4v) is 5.77. The molecule has 4 aromatic rings. The summed E-state index contributed by atoms with van der Waals surface area (Å²) < 4.78 is 7.12. The minimum atomic E-state index is 0.0578. The molecule has 1 aliphatic rings. The summed E-state index contributed by atoms with van der Waals surface area (Å²) in [7, 11) is 0. The van der Waals surface area contributed by atoms with E-state index in [1.165, 1.54) is 38.8 Å². The molecule has 1 saturated heterocycles. The maximum absolute atomic E-state index is 13.6. The number of hydrogen-bond acceptors (Lipinski definition) is 4. The third-order valence-corrected chi connectivity index (χ3v) is 7.57. The molecule has 0 bridgehead atoms. The number of nitrogens with zero attached hydrogens (tertiary/aromatic N) is 1. The lowest BCUT2D eigenvalue weighted by atomic mass is 9.97. The molecule has 0 spiro atoms. The van der Waals surface area contributed by atoms with Gasteiger partial charge >= 0.3 is 0 Å². The summed E-state index contributed by atoms with van der Waals surface area (Å²) in [6.07, 6.45) is 5.27. The van der Waals surface area contributed by atoms with Gasteiger partial charge in [-0.15, -0.1) is 11.3 Å². The lowest BCUT2D eigenvalue weighted by Crippen LogP contribution is -2.29. The summed E-state index contributed by atoms with van der Waals surface area (Å²) in [6.45, 7) is 3.99. The number of rotatable bonds is 7. The first kappa shape index (κ1) is 21.9. The van der Waals surface area contributed by atoms with E-state index >= 15 is 0 Å². The molecule has 0 N–H and O–H groups in total. The second kappa shape index (κ2) is 10.3. The van der Waals surface area contributed by atoms with Gasteiger partial charge in [0.15, 0.2) is 5.78 Å². The van der Waals surface area contributed by atoms with Crippen molar-refractivity contribution in [1.29, 1.82) is 0 Å². The van der Waals surface area contributed by atoms with Crippen molar-refractivity contribution < 1.29 is 9.53 Å². The van der Waals surface area contributed by atoms with E-state index < -0.39 is 0 Å². The highest BCUT2D eigenvalue weighted by Gasteiger charge is 2.21. The van der Waals surface area contributed by atoms with Gasteiger partial charge in [-0.3, -0.25) is 9.69 Å². The van der Waals surface area contributed by atoms with Gasteiger partial charge in [0.2, 0.25) is 0 Å². The molecule has 0 amide bonds. The van der Waals surface area contributed by atoms with E-state index in [9.17, 15) is 4.79 Å². The molecule has 0 aliphatic carbocycles. The molecule has 3 aromatic carbocycles. The van der Waals surface area contributed by atoms with E-state index in [1.807, 2.05) is 60.7 Å². The van der Waals surface area contributed by atoms with Gasteiger partial charge in [-0.2, -0.15) is 0 Å². The van der Waals surface area contributed by atoms with Crippen LogP contribution in [-0.2, 0) is 0 Å². The van der Waals surface area contributed by atoms with Crippen LogP contribution in [0.15, 0.2) is 78.9 Å². The van der Waals surface area contributed by atoms with Crippen LogP contribution in [0.5, 0.6) is 5.75 Å². The van der Waals surface area contributed by atoms with Crippen LogP contribution in [0.4, 0.5) is 0 Å². The zero-order valence-electron chi connectivity index (χ0n) is 18.8. The summed E-state index contributed by atoms with van der Waals surface area (Å²) in [6, 6.07) is 26.0. The van der Waals surface area contributed by atoms with Crippen molar-refractivity contribution in [3.8, 4) is 16.2 Å². The van der Waals surface area contributed by atoms with Crippen LogP contribution in [0.25, 0.3) is 20.5 Å². The smallest absolute Gasteiger partial charge is 0.195 e. The Bertz CT molecular complexity index is 1210. The Kier molecular flexibility index (Phi) is 6.84. The Morgan fingerprint density at radius 1 is 0.818 bits per heavy atom. The number of carbonyl (C=O) groups excluding carboxylic acids is 1. The lowest BCUT2D eigenvalue weighted by Gasteiger charge is -2.19. The molecule has 0 atom stereocenters. The normalized spacial score (nSPS) is 14.8. The average molecular weight is 456 g/mol. The van der Waals surface area contributed by atoms with Crippen LogP contribution in [0.1, 0.15) is 41.6 Å². The Balaban J connectivity index is 1.33. The quantitative estimate of drug-likeness (QED) is 0.280. The van der Waals surface area contributed by atoms with Crippen LogP contribution in [-0.4, -0.2) is 36.9 Å². The molecule has 0 radical (unpaired) electrons. The predicted octanol–water partition coefficient (Wildman–Crippen LogP) is 7.05. The molecule has 0 unspecified atom stereocenters. The number of benzene rings is 3. The molecule has 4 heteroatoms. The summed E-state index contributed by atoms with van der Waals surface area (Å²) >= 11 is 1.68. The zero-order valence-corrected chi connectivity index (χ0v) is 19.7. The van der Waals surface area contributed by atoms with Crippen LogP contribution >= 0.6 is 11.3 Å². The van der Waals surface area contributed by atoms with E-state index in [4.69, 9.17) is 4.74 Å². The maximum atomic E-state index is 13.6. The Morgan fingerprint density at radius 2 is 1.52 bits per heavy atom. The number of fused-ring (bicyclic) bond motifs is 1. The molecule has 0 saturated carbocycles. The van der Waals surface area contributed by atoms with Crippen molar-refractivity contribution in [3.63, 3.8) is 0 Å². The molecule has 2 heterocycles. The highest BCUT2D eigenvalue weighted by molar-refractivity contribution is 7.22. The Hall–Kier alpha value is -2.95. The molecule has 3 nitrogen and oxygen atoms in total. The zero-order chi connectivity index (χ0) is 22.5. The number of carbonyl (C=O) groups is 1. The standard InChI is InChI=1S/C29H29NO2S/c31-28(22-14-16-24(17-15-22)32-21-20-30-18-8-1-2-9-19-30)27-25-12-6-7-13-26(25)33-29(27)23-10-4-3-5-11-23/h3-7,10-17H,1-2,8-9,18-21H2. The molecular weight excluding hydrogens is 426 g/mol. The van der Waals surface area contributed by atoms with Gasteiger partial charge in [0.25, 0.3) is 0 Å². The molecule has 168 valence electrons. The van der Waals surface area contributed by atoms with E-state index in [-0.39, 0.29) is 5.78 Å². The molecular formula is C29H29NO2S. The fourth-order valence-electron chi connectivity index (χ4n) is 4.56. The SMILES string of the molecule is O=C(c1ccc(OCCN2CCCCCC2)cc1)c1c(-c2ccccc2)sc2ccccc12. The topological polar surface area (TPSA) is 29.5 Å². The minimum absolute atomic E-state index is 0.0578. The summed E-state index contributed by atoms with van der Waals surface area (Å²) in [5.41, 5.74) is 2.56. The molecule has 1 aliphatic heterocycles. The lowest BCUT2D eigenvalue weighted by molar-refractivity contribution is 0.104. The first-order valence-corrected chi connectivity index (χ1v) is 12.7. The van der Waals surface area contributed by atoms with Crippen molar-refractivity contribution >= 4 is 27.2 Å². The molecule has 1 fully saturated rings. The van der Waals surface area contributed by atoms with Gasteiger partial charge in [-0.1, -0.05) is 61.4 Å². The second-order valence-corrected chi connectivity index (χ2v) is 9.68. The highest BCUT2D eigenvalue weighted by Crippen LogP contribution is 2.39. The van der Waals surface area contributed by atoms with E-state index in [0.717, 1.165) is 38.4 Å². The fraction of sp³-hybridized carbons (Fsp3) is 0.276. The number of thiophene rings is 1. The molecule has 1 aromatic heterocycles. The van der Waals surface area contributed by atoms with Crippen LogP contribution in [0.3, 0.4) is 0 Å². The van der Waals surface area contributed by atoms with Gasteiger partial charge in [-0.05, 0) is 61.8 Å². The van der Waals surface area contributed by atoms with Gasteiger partial charge in [0.1, 0.15) is 12.4 Å². The minimum Gasteiger partial charge on any atom is -0.492 e. The first-order valence-electron chi connectivity index (χ1n) is 11.9. The number of hydrogen-bond donors (Lipinski definition) is 0. The first-order chi connectivity index (χ1) is 16.3. The number of ketones is 1. The predicted molar refractivity (Wildman–Crippen MR) is 138 cm³/mol. The van der Waals surface area contributed by atoms with Crippen molar-refractivity contribution in [2.75, 3.05) is 26.2 Å². The number of ether oxygens (including phenoxy) is 1. The third kappa shape index (κ3) is 5.02. The Labute approximate surface area is 199 Å². The molecule has 5 rings (SSSR count). The summed E-state index contributed by atoms with van der Waals surface area (Å²) in [5.74, 6) is 0.877. The van der Waals surface area contributed by atoms with Crippen LogP contribution in [0.2, 0.25) is 0 Å². The van der Waals surface area contributed by atoms with Gasteiger partial charge < -0.3 is 4.74 Å². The summed E-state index contributed by atoms with van der Waals surface area (Å²) in [5, 5.41) is 1.02. The monoisotopic (exact) mass is 455 g/mol. The van der Waals surface area contributed by atoms with Gasteiger partial charge in [-0.25, -0.2) is 0 Å². The largest absolute Gasteiger partial charge is 0.492 e. The van der Waals surface area contributed by atoms with Crippen molar-refractivity contribution in [3.05, 3.63) is 90.0 Å².